The first kappa shape index (κ1) is 22.7. The summed E-state index contributed by atoms with van der Waals surface area (Å²) in [5, 5.41) is 6.76. The largest absolute Gasteiger partial charge is 0.443 e. The van der Waals surface area contributed by atoms with Gasteiger partial charge < -0.3 is 15.1 Å². The van der Waals surface area contributed by atoms with Crippen molar-refractivity contribution < 1.29 is 8.81 Å². The van der Waals surface area contributed by atoms with Crippen molar-refractivity contribution in [1.82, 2.24) is 15.6 Å². The van der Waals surface area contributed by atoms with Crippen molar-refractivity contribution in [1.29, 1.82) is 0 Å². The van der Waals surface area contributed by atoms with Crippen LogP contribution in [0.3, 0.4) is 0 Å². The molecule has 0 saturated carbocycles. The van der Waals surface area contributed by atoms with Gasteiger partial charge >= 0.3 is 0 Å². The Morgan fingerprint density at radius 3 is 2.62 bits per heavy atom. The number of hydrogen-bond acceptors (Lipinski definition) is 3. The molecule has 0 unspecified atom stereocenters. The number of hydrogen-bond donors (Lipinski definition) is 2. The maximum absolute atomic E-state index is 13.0. The Hall–Kier alpha value is -1.35. The van der Waals surface area contributed by atoms with Gasteiger partial charge in [0.05, 0.1) is 12.7 Å². The third-order valence-electron chi connectivity index (χ3n) is 3.63. The maximum Gasteiger partial charge on any atom is 0.213 e. The van der Waals surface area contributed by atoms with Crippen molar-refractivity contribution in [2.45, 2.75) is 39.2 Å². The fourth-order valence-electron chi connectivity index (χ4n) is 2.16. The topological polar surface area (TPSA) is 62.5 Å². The highest BCUT2D eigenvalue weighted by atomic mass is 127. The summed E-state index contributed by atoms with van der Waals surface area (Å²) in [7, 11) is 1.69. The maximum atomic E-state index is 13.0. The van der Waals surface area contributed by atoms with Gasteiger partial charge in [-0.2, -0.15) is 0 Å². The van der Waals surface area contributed by atoms with E-state index in [9.17, 15) is 4.39 Å². The van der Waals surface area contributed by atoms with E-state index in [1.165, 1.54) is 12.1 Å². The molecule has 0 radical (unpaired) electrons. The Labute approximate surface area is 175 Å². The zero-order valence-electron chi connectivity index (χ0n) is 15.4. The fourth-order valence-corrected chi connectivity index (χ4v) is 2.42. The Kier molecular flexibility index (Phi) is 8.82. The van der Waals surface area contributed by atoms with E-state index in [0.717, 1.165) is 11.3 Å². The molecule has 2 aromatic rings. The van der Waals surface area contributed by atoms with Crippen LogP contribution in [-0.4, -0.2) is 24.5 Å². The van der Waals surface area contributed by atoms with Gasteiger partial charge in [-0.05, 0) is 24.1 Å². The third-order valence-corrected chi connectivity index (χ3v) is 3.98. The lowest BCUT2D eigenvalue weighted by atomic mass is 9.94. The second-order valence-electron chi connectivity index (χ2n) is 6.71. The van der Waals surface area contributed by atoms with Crippen LogP contribution in [-0.2, 0) is 18.4 Å². The van der Waals surface area contributed by atoms with E-state index in [1.54, 1.807) is 19.3 Å². The number of nitrogens with one attached hydrogen (secondary N) is 2. The highest BCUT2D eigenvalue weighted by Crippen LogP contribution is 2.22. The molecule has 2 rings (SSSR count). The Bertz CT molecular complexity index is 743. The molecule has 0 aliphatic rings. The van der Waals surface area contributed by atoms with Crippen molar-refractivity contribution in [2.24, 2.45) is 4.99 Å². The number of aromatic nitrogens is 1. The van der Waals surface area contributed by atoms with E-state index in [2.05, 4.69) is 41.4 Å². The molecule has 2 N–H and O–H groups in total. The number of guanidine groups is 1. The highest BCUT2D eigenvalue weighted by molar-refractivity contribution is 14.0. The van der Waals surface area contributed by atoms with Crippen LogP contribution in [0.1, 0.15) is 38.0 Å². The second kappa shape index (κ2) is 10.1. The molecule has 144 valence electrons. The minimum atomic E-state index is -0.334. The fraction of sp³-hybridized carbons (Fsp3) is 0.444. The standard InChI is InChI=1S/C18H24ClFN4O.HI/c1-18(2,3)15-10-23-16(25-15)11-24-17(21-4)22-8-7-12-5-6-13(20)9-14(12)19;/h5-6,9-10H,7-8,11H2,1-4H3,(H2,21,22,24);1H. The van der Waals surface area contributed by atoms with Gasteiger partial charge in [-0.3, -0.25) is 4.99 Å². The summed E-state index contributed by atoms with van der Waals surface area (Å²) in [5.74, 6) is 1.75. The van der Waals surface area contributed by atoms with Crippen molar-refractivity contribution in [3.8, 4) is 0 Å². The monoisotopic (exact) mass is 494 g/mol. The lowest BCUT2D eigenvalue weighted by Crippen LogP contribution is -2.37. The van der Waals surface area contributed by atoms with Crippen LogP contribution in [0, 0.1) is 5.82 Å². The third kappa shape index (κ3) is 6.75. The molecule has 0 spiro atoms. The first-order chi connectivity index (χ1) is 11.8. The minimum absolute atomic E-state index is 0. The van der Waals surface area contributed by atoms with Gasteiger partial charge in [0.15, 0.2) is 5.96 Å². The number of nitrogens with zero attached hydrogens (tertiary/aromatic N) is 2. The first-order valence-electron chi connectivity index (χ1n) is 8.13. The SMILES string of the molecule is CN=C(NCCc1ccc(F)cc1Cl)NCc1ncc(C(C)(C)C)o1.I. The molecule has 0 aliphatic carbocycles. The number of aliphatic imine (C=N–C) groups is 1. The van der Waals surface area contributed by atoms with Crippen molar-refractivity contribution in [3.63, 3.8) is 0 Å². The van der Waals surface area contributed by atoms with Crippen LogP contribution in [0.5, 0.6) is 0 Å². The van der Waals surface area contributed by atoms with Gasteiger partial charge in [0.1, 0.15) is 11.6 Å². The summed E-state index contributed by atoms with van der Waals surface area (Å²) < 4.78 is 18.8. The summed E-state index contributed by atoms with van der Waals surface area (Å²) in [6, 6.07) is 4.42. The van der Waals surface area contributed by atoms with Crippen LogP contribution >= 0.6 is 35.6 Å². The molecule has 0 saturated heterocycles. The lowest BCUT2D eigenvalue weighted by Gasteiger charge is -2.13. The lowest BCUT2D eigenvalue weighted by molar-refractivity contribution is 0.379. The van der Waals surface area contributed by atoms with E-state index in [-0.39, 0.29) is 35.2 Å². The van der Waals surface area contributed by atoms with E-state index in [0.29, 0.717) is 36.4 Å². The summed E-state index contributed by atoms with van der Waals surface area (Å²) in [6.45, 7) is 7.28. The molecule has 8 heteroatoms. The molecule has 0 amide bonds. The van der Waals surface area contributed by atoms with E-state index >= 15 is 0 Å². The number of oxazole rings is 1. The zero-order valence-corrected chi connectivity index (χ0v) is 18.5. The second-order valence-corrected chi connectivity index (χ2v) is 7.11. The molecule has 1 aromatic heterocycles. The quantitative estimate of drug-likeness (QED) is 0.370. The van der Waals surface area contributed by atoms with E-state index in [4.69, 9.17) is 16.0 Å². The molecule has 0 fully saturated rings. The molecule has 5 nitrogen and oxygen atoms in total. The minimum Gasteiger partial charge on any atom is -0.443 e. The van der Waals surface area contributed by atoms with Crippen LogP contribution in [0.2, 0.25) is 5.02 Å². The smallest absolute Gasteiger partial charge is 0.213 e. The average molecular weight is 495 g/mol. The van der Waals surface area contributed by atoms with Gasteiger partial charge in [0.25, 0.3) is 0 Å². The molecular weight excluding hydrogens is 470 g/mol. The number of rotatable bonds is 5. The predicted octanol–water partition coefficient (Wildman–Crippen LogP) is 4.29. The molecule has 1 heterocycles. The van der Waals surface area contributed by atoms with Gasteiger partial charge in [-0.15, -0.1) is 24.0 Å². The molecule has 0 atom stereocenters. The highest BCUT2D eigenvalue weighted by Gasteiger charge is 2.19. The summed E-state index contributed by atoms with van der Waals surface area (Å²) >= 11 is 6.02. The normalized spacial score (nSPS) is 11.8. The van der Waals surface area contributed by atoms with Gasteiger partial charge in [-0.25, -0.2) is 9.37 Å². The van der Waals surface area contributed by atoms with E-state index in [1.807, 2.05) is 0 Å². The van der Waals surface area contributed by atoms with Gasteiger partial charge in [-0.1, -0.05) is 38.4 Å². The molecular formula is C18H25ClFIN4O. The molecule has 26 heavy (non-hydrogen) atoms. The van der Waals surface area contributed by atoms with Crippen molar-refractivity contribution in [3.05, 3.63) is 52.5 Å². The van der Waals surface area contributed by atoms with Gasteiger partial charge in [0.2, 0.25) is 5.89 Å². The average Bonchev–Trinajstić information content (AvgIpc) is 3.01. The van der Waals surface area contributed by atoms with Crippen molar-refractivity contribution in [2.75, 3.05) is 13.6 Å². The number of benzene rings is 1. The molecule has 0 aliphatic heterocycles. The molecule has 0 bridgehead atoms. The van der Waals surface area contributed by atoms with Crippen LogP contribution in [0.15, 0.2) is 33.8 Å². The van der Waals surface area contributed by atoms with Crippen LogP contribution in [0.4, 0.5) is 4.39 Å². The molecule has 1 aromatic carbocycles. The summed E-state index contributed by atoms with van der Waals surface area (Å²) in [4.78, 5) is 8.43. The summed E-state index contributed by atoms with van der Waals surface area (Å²) in [6.07, 6.45) is 2.41. The predicted molar refractivity (Wildman–Crippen MR) is 114 cm³/mol. The van der Waals surface area contributed by atoms with Crippen LogP contribution in [0.25, 0.3) is 0 Å². The van der Waals surface area contributed by atoms with Gasteiger partial charge in [0, 0.05) is 24.0 Å². The summed E-state index contributed by atoms with van der Waals surface area (Å²) in [5.41, 5.74) is 0.813. The van der Waals surface area contributed by atoms with E-state index < -0.39 is 0 Å². The first-order valence-corrected chi connectivity index (χ1v) is 8.51. The Morgan fingerprint density at radius 2 is 2.04 bits per heavy atom. The van der Waals surface area contributed by atoms with Crippen molar-refractivity contribution >= 4 is 41.5 Å². The zero-order chi connectivity index (χ0) is 18.4. The Morgan fingerprint density at radius 1 is 1.31 bits per heavy atom. The number of halogens is 3. The van der Waals surface area contributed by atoms with Crippen LogP contribution < -0.4 is 10.6 Å². The Balaban J connectivity index is 0.00000338.